The largest absolute Gasteiger partial charge is 0.394 e. The van der Waals surface area contributed by atoms with Crippen molar-refractivity contribution in [1.82, 2.24) is 9.55 Å². The van der Waals surface area contributed by atoms with Gasteiger partial charge in [-0.1, -0.05) is 0 Å². The molecule has 2 aliphatic rings. The van der Waals surface area contributed by atoms with E-state index in [4.69, 9.17) is 9.84 Å². The van der Waals surface area contributed by atoms with Gasteiger partial charge < -0.3 is 25.4 Å². The Morgan fingerprint density at radius 3 is 2.70 bits per heavy atom. The van der Waals surface area contributed by atoms with Crippen LogP contribution >= 0.6 is 0 Å². The Morgan fingerprint density at radius 1 is 1.40 bits per heavy atom. The van der Waals surface area contributed by atoms with Crippen LogP contribution in [0.15, 0.2) is 17.1 Å². The van der Waals surface area contributed by atoms with Gasteiger partial charge in [-0.05, 0) is 18.9 Å². The van der Waals surface area contributed by atoms with Gasteiger partial charge >= 0.3 is 5.69 Å². The van der Waals surface area contributed by atoms with Gasteiger partial charge in [0.2, 0.25) is 0 Å². The molecule has 8 heteroatoms. The summed E-state index contributed by atoms with van der Waals surface area (Å²) < 4.78 is 6.40. The predicted octanol–water partition coefficient (Wildman–Crippen LogP) is -1.57. The average Bonchev–Trinajstić information content (AvgIpc) is 3.19. The molecule has 2 fully saturated rings. The fourth-order valence-electron chi connectivity index (χ4n) is 2.23. The number of nitrogens with one attached hydrogen (secondary N) is 1. The number of aliphatic hydroxyl groups is 3. The van der Waals surface area contributed by atoms with Gasteiger partial charge in [-0.15, -0.1) is 0 Å². The number of ether oxygens (including phenoxy) is 1. The second kappa shape index (κ2) is 5.13. The lowest BCUT2D eigenvalue weighted by atomic mass is 10.1. The van der Waals surface area contributed by atoms with Crippen LogP contribution in [0.4, 0.5) is 5.82 Å². The van der Waals surface area contributed by atoms with Crippen molar-refractivity contribution < 1.29 is 20.1 Å². The maximum Gasteiger partial charge on any atom is 0.351 e. The van der Waals surface area contributed by atoms with E-state index < -0.39 is 36.8 Å². The lowest BCUT2D eigenvalue weighted by molar-refractivity contribution is -0.0549. The quantitative estimate of drug-likeness (QED) is 0.527. The molecule has 0 bridgehead atoms. The van der Waals surface area contributed by atoms with Crippen LogP contribution in [0.25, 0.3) is 0 Å². The van der Waals surface area contributed by atoms with Crippen LogP contribution in [0.5, 0.6) is 0 Å². The number of aliphatic hydroxyl groups excluding tert-OH is 3. The molecule has 0 radical (unpaired) electrons. The molecule has 3 rings (SSSR count). The fraction of sp³-hybridized carbons (Fsp3) is 0.667. The van der Waals surface area contributed by atoms with Crippen LogP contribution in [-0.4, -0.2) is 55.8 Å². The summed E-state index contributed by atoms with van der Waals surface area (Å²) in [5, 5.41) is 31.7. The molecule has 0 unspecified atom stereocenters. The van der Waals surface area contributed by atoms with Crippen LogP contribution < -0.4 is 11.0 Å². The van der Waals surface area contributed by atoms with Gasteiger partial charge in [-0.25, -0.2) is 4.79 Å². The van der Waals surface area contributed by atoms with Crippen LogP contribution in [-0.2, 0) is 4.74 Å². The minimum Gasteiger partial charge on any atom is -0.394 e. The van der Waals surface area contributed by atoms with E-state index in [1.54, 1.807) is 6.07 Å². The van der Waals surface area contributed by atoms with E-state index in [1.165, 1.54) is 6.20 Å². The van der Waals surface area contributed by atoms with Crippen molar-refractivity contribution in [2.24, 2.45) is 0 Å². The van der Waals surface area contributed by atoms with Gasteiger partial charge in [-0.2, -0.15) is 4.98 Å². The monoisotopic (exact) mass is 283 g/mol. The summed E-state index contributed by atoms with van der Waals surface area (Å²) >= 11 is 0. The van der Waals surface area contributed by atoms with Crippen molar-refractivity contribution in [3.05, 3.63) is 22.7 Å². The van der Waals surface area contributed by atoms with Gasteiger partial charge in [0.25, 0.3) is 0 Å². The van der Waals surface area contributed by atoms with Crippen LogP contribution in [0, 0.1) is 0 Å². The molecule has 8 nitrogen and oxygen atoms in total. The smallest absolute Gasteiger partial charge is 0.351 e. The number of hydrogen-bond donors (Lipinski definition) is 4. The summed E-state index contributed by atoms with van der Waals surface area (Å²) in [5.41, 5.74) is -0.578. The minimum absolute atomic E-state index is 0.381. The third-order valence-corrected chi connectivity index (χ3v) is 3.55. The summed E-state index contributed by atoms with van der Waals surface area (Å²) in [6.45, 7) is -0.432. The number of hydrogen-bond acceptors (Lipinski definition) is 7. The van der Waals surface area contributed by atoms with E-state index in [9.17, 15) is 15.0 Å². The fourth-order valence-corrected chi connectivity index (χ4v) is 2.23. The molecule has 1 aromatic heterocycles. The van der Waals surface area contributed by atoms with E-state index in [0.717, 1.165) is 17.4 Å². The number of aromatic nitrogens is 2. The molecule has 0 spiro atoms. The Bertz CT molecular complexity index is 544. The first-order valence-corrected chi connectivity index (χ1v) is 6.58. The van der Waals surface area contributed by atoms with Crippen LogP contribution in [0.2, 0.25) is 0 Å². The Kier molecular flexibility index (Phi) is 3.47. The molecular weight excluding hydrogens is 266 g/mol. The molecule has 110 valence electrons. The van der Waals surface area contributed by atoms with Gasteiger partial charge in [0.05, 0.1) is 6.61 Å². The SMILES string of the molecule is O=c1nc(NC2CC2)ccn1[C@H]1O[C@@H](CO)[C@@H](O)[C@@H]1O. The van der Waals surface area contributed by atoms with Crippen LogP contribution in [0.3, 0.4) is 0 Å². The zero-order chi connectivity index (χ0) is 14.3. The molecule has 1 saturated heterocycles. The van der Waals surface area contributed by atoms with Gasteiger partial charge in [0.15, 0.2) is 6.23 Å². The molecule has 4 N–H and O–H groups in total. The zero-order valence-corrected chi connectivity index (χ0v) is 10.7. The summed E-state index contributed by atoms with van der Waals surface area (Å²) in [6.07, 6.45) is -0.877. The topological polar surface area (TPSA) is 117 Å². The predicted molar refractivity (Wildman–Crippen MR) is 68.2 cm³/mol. The highest BCUT2D eigenvalue weighted by Gasteiger charge is 2.43. The highest BCUT2D eigenvalue weighted by Crippen LogP contribution is 2.28. The lowest BCUT2D eigenvalue weighted by Gasteiger charge is -2.17. The first-order chi connectivity index (χ1) is 9.60. The Balaban J connectivity index is 1.81. The third kappa shape index (κ3) is 2.42. The minimum atomic E-state index is -1.28. The van der Waals surface area contributed by atoms with E-state index in [-0.39, 0.29) is 0 Å². The van der Waals surface area contributed by atoms with Crippen molar-refractivity contribution in [2.45, 2.75) is 43.4 Å². The molecule has 2 heterocycles. The first kappa shape index (κ1) is 13.5. The molecule has 1 aromatic rings. The summed E-state index contributed by atoms with van der Waals surface area (Å²) in [4.78, 5) is 15.8. The first-order valence-electron chi connectivity index (χ1n) is 6.58. The van der Waals surface area contributed by atoms with Crippen molar-refractivity contribution in [2.75, 3.05) is 11.9 Å². The van der Waals surface area contributed by atoms with Crippen molar-refractivity contribution in [3.63, 3.8) is 0 Å². The van der Waals surface area contributed by atoms with E-state index in [2.05, 4.69) is 10.3 Å². The molecule has 0 amide bonds. The maximum atomic E-state index is 12.0. The van der Waals surface area contributed by atoms with Crippen molar-refractivity contribution in [1.29, 1.82) is 0 Å². The van der Waals surface area contributed by atoms with E-state index in [0.29, 0.717) is 11.9 Å². The zero-order valence-electron chi connectivity index (χ0n) is 10.7. The summed E-state index contributed by atoms with van der Waals surface area (Å²) in [6, 6.07) is 2.00. The van der Waals surface area contributed by atoms with Gasteiger partial charge in [-0.3, -0.25) is 4.57 Å². The average molecular weight is 283 g/mol. The Labute approximate surface area is 114 Å². The van der Waals surface area contributed by atoms with E-state index in [1.807, 2.05) is 0 Å². The molecule has 4 atom stereocenters. The van der Waals surface area contributed by atoms with Crippen molar-refractivity contribution >= 4 is 5.82 Å². The molecule has 20 heavy (non-hydrogen) atoms. The third-order valence-electron chi connectivity index (χ3n) is 3.55. The molecule has 0 aromatic carbocycles. The molecule has 1 aliphatic carbocycles. The standard InChI is InChI=1S/C12H17N3O5/c16-5-7-9(17)10(18)11(20-7)15-4-3-8(14-12(15)19)13-6-1-2-6/h3-4,6-7,9-11,16-18H,1-2,5H2,(H,13,14,19)/t7-,9+,10-,11-/m0/s1. The number of anilines is 1. The van der Waals surface area contributed by atoms with Crippen molar-refractivity contribution in [3.8, 4) is 0 Å². The van der Waals surface area contributed by atoms with Crippen LogP contribution in [0.1, 0.15) is 19.1 Å². The van der Waals surface area contributed by atoms with Gasteiger partial charge in [0, 0.05) is 12.2 Å². The molecule has 1 aliphatic heterocycles. The Hall–Kier alpha value is -1.48. The second-order valence-corrected chi connectivity index (χ2v) is 5.15. The molecular formula is C12H17N3O5. The normalized spacial score (nSPS) is 33.4. The van der Waals surface area contributed by atoms with E-state index >= 15 is 0 Å². The second-order valence-electron chi connectivity index (χ2n) is 5.15. The Morgan fingerprint density at radius 2 is 2.15 bits per heavy atom. The maximum absolute atomic E-state index is 12.0. The summed E-state index contributed by atoms with van der Waals surface area (Å²) in [5.74, 6) is 0.487. The number of nitrogens with zero attached hydrogens (tertiary/aromatic N) is 2. The summed E-state index contributed by atoms with van der Waals surface area (Å²) in [7, 11) is 0. The molecule has 1 saturated carbocycles. The lowest BCUT2D eigenvalue weighted by Crippen LogP contribution is -2.36. The highest BCUT2D eigenvalue weighted by molar-refractivity contribution is 5.35. The van der Waals surface area contributed by atoms with Gasteiger partial charge in [0.1, 0.15) is 24.1 Å². The number of rotatable bonds is 4. The highest BCUT2D eigenvalue weighted by atomic mass is 16.6.